The zero-order valence-corrected chi connectivity index (χ0v) is 9.51. The van der Waals surface area contributed by atoms with Crippen LogP contribution in [0.1, 0.15) is 38.5 Å². The summed E-state index contributed by atoms with van der Waals surface area (Å²) in [5.74, 6) is -0.341. The SMILES string of the molecule is Nc1cc(NC2CCCCCC2)ccc1F. The molecule has 3 heteroatoms. The number of nitrogens with two attached hydrogens (primary N) is 1. The number of hydrogen-bond acceptors (Lipinski definition) is 2. The molecule has 0 bridgehead atoms. The molecule has 0 radical (unpaired) electrons. The molecule has 0 saturated heterocycles. The number of anilines is 2. The molecule has 0 unspecified atom stereocenters. The van der Waals surface area contributed by atoms with Crippen LogP contribution in [-0.2, 0) is 0 Å². The number of benzene rings is 1. The highest BCUT2D eigenvalue weighted by Gasteiger charge is 2.12. The van der Waals surface area contributed by atoms with Crippen molar-refractivity contribution in [2.24, 2.45) is 0 Å². The predicted octanol–water partition coefficient (Wildman–Crippen LogP) is 3.54. The third-order valence-electron chi connectivity index (χ3n) is 3.22. The molecule has 0 atom stereocenters. The van der Waals surface area contributed by atoms with Gasteiger partial charge in [0.2, 0.25) is 0 Å². The average Bonchev–Trinajstić information content (AvgIpc) is 2.52. The molecular formula is C13H19FN2. The Kier molecular flexibility index (Phi) is 3.65. The molecule has 1 aromatic carbocycles. The summed E-state index contributed by atoms with van der Waals surface area (Å²) in [7, 11) is 0. The van der Waals surface area contributed by atoms with E-state index in [9.17, 15) is 4.39 Å². The minimum Gasteiger partial charge on any atom is -0.396 e. The van der Waals surface area contributed by atoms with E-state index in [0.717, 1.165) is 5.69 Å². The second-order valence-electron chi connectivity index (χ2n) is 4.57. The van der Waals surface area contributed by atoms with E-state index in [4.69, 9.17) is 5.73 Å². The van der Waals surface area contributed by atoms with Crippen LogP contribution in [0.15, 0.2) is 18.2 Å². The van der Waals surface area contributed by atoms with E-state index in [2.05, 4.69) is 5.32 Å². The Balaban J connectivity index is 1.99. The molecule has 1 saturated carbocycles. The van der Waals surface area contributed by atoms with Crippen molar-refractivity contribution in [3.8, 4) is 0 Å². The summed E-state index contributed by atoms with van der Waals surface area (Å²) in [4.78, 5) is 0. The highest BCUT2D eigenvalue weighted by atomic mass is 19.1. The first-order valence-electron chi connectivity index (χ1n) is 6.07. The van der Waals surface area contributed by atoms with Gasteiger partial charge in [-0.3, -0.25) is 0 Å². The molecule has 0 heterocycles. The van der Waals surface area contributed by atoms with Crippen molar-refractivity contribution in [3.05, 3.63) is 24.0 Å². The Morgan fingerprint density at radius 2 is 1.81 bits per heavy atom. The lowest BCUT2D eigenvalue weighted by Crippen LogP contribution is -2.18. The molecule has 0 aliphatic heterocycles. The van der Waals surface area contributed by atoms with Crippen LogP contribution in [0.3, 0.4) is 0 Å². The summed E-state index contributed by atoms with van der Waals surface area (Å²) in [6.45, 7) is 0. The lowest BCUT2D eigenvalue weighted by molar-refractivity contribution is 0.617. The van der Waals surface area contributed by atoms with Crippen LogP contribution in [0.2, 0.25) is 0 Å². The van der Waals surface area contributed by atoms with Gasteiger partial charge in [0.1, 0.15) is 5.82 Å². The molecule has 0 spiro atoms. The molecule has 0 amide bonds. The monoisotopic (exact) mass is 222 g/mol. The van der Waals surface area contributed by atoms with Crippen molar-refractivity contribution in [1.29, 1.82) is 0 Å². The van der Waals surface area contributed by atoms with E-state index in [1.54, 1.807) is 12.1 Å². The lowest BCUT2D eigenvalue weighted by Gasteiger charge is -2.17. The summed E-state index contributed by atoms with van der Waals surface area (Å²) in [5.41, 5.74) is 6.70. The van der Waals surface area contributed by atoms with E-state index in [1.165, 1.54) is 44.6 Å². The normalized spacial score (nSPS) is 18.1. The summed E-state index contributed by atoms with van der Waals surface area (Å²) in [6, 6.07) is 5.39. The Bertz CT molecular complexity index is 344. The van der Waals surface area contributed by atoms with Crippen LogP contribution in [-0.4, -0.2) is 6.04 Å². The van der Waals surface area contributed by atoms with E-state index >= 15 is 0 Å². The van der Waals surface area contributed by atoms with Gasteiger partial charge in [-0.15, -0.1) is 0 Å². The van der Waals surface area contributed by atoms with Gasteiger partial charge in [0, 0.05) is 11.7 Å². The van der Waals surface area contributed by atoms with Crippen LogP contribution >= 0.6 is 0 Å². The van der Waals surface area contributed by atoms with Crippen molar-refractivity contribution in [2.45, 2.75) is 44.6 Å². The van der Waals surface area contributed by atoms with E-state index < -0.39 is 0 Å². The van der Waals surface area contributed by atoms with Crippen LogP contribution in [0.5, 0.6) is 0 Å². The van der Waals surface area contributed by atoms with Gasteiger partial charge in [-0.2, -0.15) is 0 Å². The van der Waals surface area contributed by atoms with E-state index in [1.807, 2.05) is 0 Å². The highest BCUT2D eigenvalue weighted by Crippen LogP contribution is 2.23. The highest BCUT2D eigenvalue weighted by molar-refractivity contribution is 5.55. The molecule has 88 valence electrons. The third kappa shape index (κ3) is 2.87. The zero-order chi connectivity index (χ0) is 11.4. The maximum atomic E-state index is 13.0. The Morgan fingerprint density at radius 1 is 1.12 bits per heavy atom. The minimum atomic E-state index is -0.341. The maximum absolute atomic E-state index is 13.0. The number of hydrogen-bond donors (Lipinski definition) is 2. The van der Waals surface area contributed by atoms with Gasteiger partial charge < -0.3 is 11.1 Å². The van der Waals surface area contributed by atoms with Gasteiger partial charge in [0.05, 0.1) is 5.69 Å². The predicted molar refractivity (Wildman–Crippen MR) is 65.9 cm³/mol. The van der Waals surface area contributed by atoms with Crippen LogP contribution in [0, 0.1) is 5.82 Å². The van der Waals surface area contributed by atoms with E-state index in [-0.39, 0.29) is 11.5 Å². The molecule has 2 nitrogen and oxygen atoms in total. The number of rotatable bonds is 2. The van der Waals surface area contributed by atoms with Gasteiger partial charge >= 0.3 is 0 Å². The maximum Gasteiger partial charge on any atom is 0.146 e. The molecule has 1 aliphatic rings. The summed E-state index contributed by atoms with van der Waals surface area (Å²) in [5, 5.41) is 3.44. The van der Waals surface area contributed by atoms with Gasteiger partial charge in [0.15, 0.2) is 0 Å². The van der Waals surface area contributed by atoms with E-state index in [0.29, 0.717) is 6.04 Å². The summed E-state index contributed by atoms with van der Waals surface area (Å²) >= 11 is 0. The summed E-state index contributed by atoms with van der Waals surface area (Å²) in [6.07, 6.45) is 7.66. The molecule has 1 aliphatic carbocycles. The van der Waals surface area contributed by atoms with Gasteiger partial charge in [-0.05, 0) is 31.0 Å². The second kappa shape index (κ2) is 5.19. The summed E-state index contributed by atoms with van der Waals surface area (Å²) < 4.78 is 13.0. The largest absolute Gasteiger partial charge is 0.396 e. The van der Waals surface area contributed by atoms with Crippen molar-refractivity contribution < 1.29 is 4.39 Å². The van der Waals surface area contributed by atoms with Gasteiger partial charge in [0.25, 0.3) is 0 Å². The molecule has 16 heavy (non-hydrogen) atoms. The Morgan fingerprint density at radius 3 is 2.44 bits per heavy atom. The van der Waals surface area contributed by atoms with Crippen molar-refractivity contribution >= 4 is 11.4 Å². The van der Waals surface area contributed by atoms with Gasteiger partial charge in [-0.25, -0.2) is 4.39 Å². The van der Waals surface area contributed by atoms with Gasteiger partial charge in [-0.1, -0.05) is 25.7 Å². The van der Waals surface area contributed by atoms with Crippen molar-refractivity contribution in [2.75, 3.05) is 11.1 Å². The van der Waals surface area contributed by atoms with Crippen molar-refractivity contribution in [3.63, 3.8) is 0 Å². The zero-order valence-electron chi connectivity index (χ0n) is 9.51. The molecule has 1 aromatic rings. The first-order valence-corrected chi connectivity index (χ1v) is 6.07. The Labute approximate surface area is 96.0 Å². The second-order valence-corrected chi connectivity index (χ2v) is 4.57. The fourth-order valence-corrected chi connectivity index (χ4v) is 2.29. The number of nitrogen functional groups attached to an aromatic ring is 1. The quantitative estimate of drug-likeness (QED) is 0.593. The fourth-order valence-electron chi connectivity index (χ4n) is 2.29. The topological polar surface area (TPSA) is 38.0 Å². The molecular weight excluding hydrogens is 203 g/mol. The smallest absolute Gasteiger partial charge is 0.146 e. The Hall–Kier alpha value is -1.25. The van der Waals surface area contributed by atoms with Crippen LogP contribution in [0.4, 0.5) is 15.8 Å². The minimum absolute atomic E-state index is 0.221. The van der Waals surface area contributed by atoms with Crippen molar-refractivity contribution in [1.82, 2.24) is 0 Å². The van der Waals surface area contributed by atoms with Crippen LogP contribution in [0.25, 0.3) is 0 Å². The molecule has 2 rings (SSSR count). The number of nitrogens with one attached hydrogen (secondary N) is 1. The first kappa shape index (κ1) is 11.2. The standard InChI is InChI=1S/C13H19FN2/c14-12-8-7-11(9-13(12)15)16-10-5-3-1-2-4-6-10/h7-10,16H,1-6,15H2. The van der Waals surface area contributed by atoms with Crippen LogP contribution < -0.4 is 11.1 Å². The molecule has 1 fully saturated rings. The first-order chi connectivity index (χ1) is 7.75. The average molecular weight is 222 g/mol. The lowest BCUT2D eigenvalue weighted by atomic mass is 10.1. The fraction of sp³-hybridized carbons (Fsp3) is 0.538. The number of halogens is 1. The molecule has 0 aromatic heterocycles. The third-order valence-corrected chi connectivity index (χ3v) is 3.22. The molecule has 3 N–H and O–H groups in total.